The highest BCUT2D eigenvalue weighted by Gasteiger charge is 2.43. The summed E-state index contributed by atoms with van der Waals surface area (Å²) in [6.07, 6.45) is 7.29. The third-order valence-corrected chi connectivity index (χ3v) is 4.09. The Morgan fingerprint density at radius 2 is 2.16 bits per heavy atom. The third-order valence-electron chi connectivity index (χ3n) is 4.09. The Morgan fingerprint density at radius 3 is 2.68 bits per heavy atom. The van der Waals surface area contributed by atoms with Gasteiger partial charge in [-0.3, -0.25) is 4.79 Å². The highest BCUT2D eigenvalue weighted by atomic mass is 16.5. The van der Waals surface area contributed by atoms with Gasteiger partial charge in [0.05, 0.1) is 5.92 Å². The number of rotatable bonds is 3. The van der Waals surface area contributed by atoms with E-state index < -0.39 is 11.6 Å². The lowest BCUT2D eigenvalue weighted by atomic mass is 9.69. The second-order valence-electron chi connectivity index (χ2n) is 5.05. The van der Waals surface area contributed by atoms with Crippen LogP contribution in [0.3, 0.4) is 0 Å². The first-order valence-corrected chi connectivity index (χ1v) is 6.42. The molecule has 0 amide bonds. The molecule has 2 rings (SSSR count). The second-order valence-corrected chi connectivity index (χ2v) is 5.05. The minimum absolute atomic E-state index is 0.0940. The number of carboxylic acid groups (broad SMARTS) is 1. The Morgan fingerprint density at radius 1 is 1.47 bits per heavy atom. The van der Waals surface area contributed by atoms with Gasteiger partial charge in [0.15, 0.2) is 0 Å². The fourth-order valence-corrected chi connectivity index (χ4v) is 2.91. The summed E-state index contributed by atoms with van der Waals surface area (Å²) in [6.45, 7) is 0. The van der Waals surface area contributed by atoms with Crippen LogP contribution < -0.4 is 0 Å². The number of carboxylic acids is 1. The first-order chi connectivity index (χ1) is 9.12. The zero-order valence-electron chi connectivity index (χ0n) is 11.0. The van der Waals surface area contributed by atoms with E-state index in [0.717, 1.165) is 5.56 Å². The maximum absolute atomic E-state index is 11.4. The van der Waals surface area contributed by atoms with Crippen molar-refractivity contribution < 1.29 is 14.6 Å². The van der Waals surface area contributed by atoms with Crippen molar-refractivity contribution in [2.24, 2.45) is 5.92 Å². The summed E-state index contributed by atoms with van der Waals surface area (Å²) in [5.41, 5.74) is 0.387. The molecular formula is C16H18O3. The van der Waals surface area contributed by atoms with Crippen LogP contribution in [0.5, 0.6) is 0 Å². The van der Waals surface area contributed by atoms with Crippen LogP contribution in [0.15, 0.2) is 30.3 Å². The van der Waals surface area contributed by atoms with Gasteiger partial charge in [-0.15, -0.1) is 6.42 Å². The Balaban J connectivity index is 2.34. The maximum atomic E-state index is 11.4. The largest absolute Gasteiger partial charge is 0.481 e. The van der Waals surface area contributed by atoms with Gasteiger partial charge >= 0.3 is 5.97 Å². The van der Waals surface area contributed by atoms with Gasteiger partial charge in [0.1, 0.15) is 5.60 Å². The van der Waals surface area contributed by atoms with E-state index in [4.69, 9.17) is 11.2 Å². The van der Waals surface area contributed by atoms with Crippen molar-refractivity contribution in [1.82, 2.24) is 0 Å². The molecule has 0 spiro atoms. The number of methoxy groups -OCH3 is 1. The molecule has 19 heavy (non-hydrogen) atoms. The summed E-state index contributed by atoms with van der Waals surface area (Å²) in [5.74, 6) is 1.47. The van der Waals surface area contributed by atoms with Crippen LogP contribution in [0, 0.1) is 18.3 Å². The molecule has 1 aromatic rings. The molecule has 0 saturated heterocycles. The summed E-state index contributed by atoms with van der Waals surface area (Å²) in [7, 11) is 1.60. The zero-order chi connectivity index (χ0) is 13.9. The molecule has 1 unspecified atom stereocenters. The summed E-state index contributed by atoms with van der Waals surface area (Å²) in [5, 5.41) is 9.39. The summed E-state index contributed by atoms with van der Waals surface area (Å²) < 4.78 is 5.48. The molecule has 3 heteroatoms. The fourth-order valence-electron chi connectivity index (χ4n) is 2.91. The lowest BCUT2D eigenvalue weighted by Crippen LogP contribution is -2.41. The molecule has 100 valence electrons. The van der Waals surface area contributed by atoms with Crippen molar-refractivity contribution in [3.8, 4) is 12.3 Å². The number of terminal acetylenes is 1. The predicted molar refractivity (Wildman–Crippen MR) is 72.7 cm³/mol. The van der Waals surface area contributed by atoms with Gasteiger partial charge in [-0.05, 0) is 24.8 Å². The van der Waals surface area contributed by atoms with Crippen LogP contribution in [-0.4, -0.2) is 23.8 Å². The van der Waals surface area contributed by atoms with E-state index in [1.165, 1.54) is 0 Å². The number of aliphatic carboxylic acids is 1. The average molecular weight is 258 g/mol. The van der Waals surface area contributed by atoms with Crippen molar-refractivity contribution in [3.05, 3.63) is 35.9 Å². The molecule has 0 bridgehead atoms. The van der Waals surface area contributed by atoms with Gasteiger partial charge in [0, 0.05) is 13.0 Å². The molecule has 1 aliphatic rings. The van der Waals surface area contributed by atoms with Crippen LogP contribution in [0.25, 0.3) is 0 Å². The predicted octanol–water partition coefficient (Wildman–Crippen LogP) is 2.67. The first kappa shape index (κ1) is 13.6. The van der Waals surface area contributed by atoms with E-state index in [1.54, 1.807) is 7.11 Å². The Bertz CT molecular complexity index is 488. The molecule has 1 fully saturated rings. The summed E-state index contributed by atoms with van der Waals surface area (Å²) in [4.78, 5) is 11.4. The van der Waals surface area contributed by atoms with E-state index in [1.807, 2.05) is 30.3 Å². The summed E-state index contributed by atoms with van der Waals surface area (Å²) >= 11 is 0. The summed E-state index contributed by atoms with van der Waals surface area (Å²) in [6, 6.07) is 9.69. The molecule has 0 radical (unpaired) electrons. The van der Waals surface area contributed by atoms with Gasteiger partial charge in [-0.1, -0.05) is 36.3 Å². The molecule has 1 aliphatic carbocycles. The molecule has 0 aromatic heterocycles. The van der Waals surface area contributed by atoms with Gasteiger partial charge in [-0.25, -0.2) is 0 Å². The molecule has 1 aromatic carbocycles. The molecular weight excluding hydrogens is 240 g/mol. The Labute approximate surface area is 113 Å². The van der Waals surface area contributed by atoms with Crippen molar-refractivity contribution >= 4 is 5.97 Å². The normalized spacial score (nSPS) is 30.5. The van der Waals surface area contributed by atoms with Crippen molar-refractivity contribution in [2.75, 3.05) is 7.11 Å². The van der Waals surface area contributed by atoms with Crippen LogP contribution in [0.4, 0.5) is 0 Å². The molecule has 0 aliphatic heterocycles. The van der Waals surface area contributed by atoms with Crippen molar-refractivity contribution in [1.29, 1.82) is 0 Å². The average Bonchev–Trinajstić information content (AvgIpc) is 2.47. The number of hydrogen-bond donors (Lipinski definition) is 1. The number of benzene rings is 1. The van der Waals surface area contributed by atoms with Gasteiger partial charge in [0.2, 0.25) is 0 Å². The maximum Gasteiger partial charge on any atom is 0.307 e. The molecule has 0 heterocycles. The van der Waals surface area contributed by atoms with Crippen molar-refractivity contribution in [2.45, 2.75) is 30.8 Å². The zero-order valence-corrected chi connectivity index (χ0v) is 11.0. The topological polar surface area (TPSA) is 46.5 Å². The quantitative estimate of drug-likeness (QED) is 0.848. The fraction of sp³-hybridized carbons (Fsp3) is 0.438. The van der Waals surface area contributed by atoms with E-state index in [2.05, 4.69) is 5.92 Å². The highest BCUT2D eigenvalue weighted by molar-refractivity contribution is 5.71. The van der Waals surface area contributed by atoms with Crippen LogP contribution in [0.2, 0.25) is 0 Å². The monoisotopic (exact) mass is 258 g/mol. The van der Waals surface area contributed by atoms with Crippen molar-refractivity contribution in [3.63, 3.8) is 0 Å². The lowest BCUT2D eigenvalue weighted by molar-refractivity contribution is -0.145. The number of carbonyl (C=O) groups is 1. The van der Waals surface area contributed by atoms with E-state index in [-0.39, 0.29) is 11.8 Å². The van der Waals surface area contributed by atoms with E-state index in [9.17, 15) is 9.90 Å². The Kier molecular flexibility index (Phi) is 3.92. The smallest absolute Gasteiger partial charge is 0.307 e. The van der Waals surface area contributed by atoms with Crippen LogP contribution in [0.1, 0.15) is 30.7 Å². The Hall–Kier alpha value is -1.79. The standard InChI is InChI=1S/C16H18O3/c1-3-16(19-2)10-9-13(15(17)18)14(11-16)12-7-5-4-6-8-12/h1,4-8,13-14H,9-11H2,2H3,(H,17,18)/t13-,14+,16?/m1/s1. The number of ether oxygens (including phenoxy) is 1. The minimum atomic E-state index is -0.754. The molecule has 3 atom stereocenters. The van der Waals surface area contributed by atoms with E-state index >= 15 is 0 Å². The van der Waals surface area contributed by atoms with Crippen LogP contribution >= 0.6 is 0 Å². The lowest BCUT2D eigenvalue weighted by Gasteiger charge is -2.39. The van der Waals surface area contributed by atoms with Gasteiger partial charge < -0.3 is 9.84 Å². The first-order valence-electron chi connectivity index (χ1n) is 6.42. The van der Waals surface area contributed by atoms with Gasteiger partial charge in [0.25, 0.3) is 0 Å². The van der Waals surface area contributed by atoms with E-state index in [0.29, 0.717) is 19.3 Å². The minimum Gasteiger partial charge on any atom is -0.481 e. The molecule has 1 saturated carbocycles. The third kappa shape index (κ3) is 2.64. The highest BCUT2D eigenvalue weighted by Crippen LogP contribution is 2.43. The SMILES string of the molecule is C#CC1(OC)CC[C@@H](C(=O)O)[C@H](c2ccccc2)C1. The van der Waals surface area contributed by atoms with Crippen LogP contribution in [-0.2, 0) is 9.53 Å². The molecule has 3 nitrogen and oxygen atoms in total. The second kappa shape index (κ2) is 5.46. The molecule has 1 N–H and O–H groups in total. The number of hydrogen-bond acceptors (Lipinski definition) is 2. The van der Waals surface area contributed by atoms with Gasteiger partial charge in [-0.2, -0.15) is 0 Å².